The molecule has 4 rings (SSSR count). The summed E-state index contributed by atoms with van der Waals surface area (Å²) in [5.41, 5.74) is 2.99. The van der Waals surface area contributed by atoms with Crippen LogP contribution in [0, 0.1) is 13.8 Å². The fraction of sp³-hybridized carbons (Fsp3) is 0.167. The molecule has 33 heavy (non-hydrogen) atoms. The summed E-state index contributed by atoms with van der Waals surface area (Å²) in [7, 11) is 0. The number of rotatable bonds is 8. The maximum absolute atomic E-state index is 12.5. The number of para-hydroxylation sites is 1. The molecule has 4 aromatic rings. The highest BCUT2D eigenvalue weighted by Crippen LogP contribution is 2.24. The Kier molecular flexibility index (Phi) is 6.21. The van der Waals surface area contributed by atoms with E-state index in [0.717, 1.165) is 27.4 Å². The lowest BCUT2D eigenvalue weighted by molar-refractivity contribution is -0.116. The molecule has 0 bridgehead atoms. The molecule has 2 aromatic heterocycles. The third-order valence-corrected chi connectivity index (χ3v) is 5.08. The highest BCUT2D eigenvalue weighted by Gasteiger charge is 2.17. The van der Waals surface area contributed by atoms with Crippen LogP contribution in [-0.2, 0) is 17.9 Å². The molecule has 2 heterocycles. The van der Waals surface area contributed by atoms with Gasteiger partial charge in [0.25, 0.3) is 0 Å². The van der Waals surface area contributed by atoms with Gasteiger partial charge in [-0.25, -0.2) is 9.48 Å². The first kappa shape index (κ1) is 21.8. The predicted octanol–water partition coefficient (Wildman–Crippen LogP) is 3.87. The number of hydrogen-bond donors (Lipinski definition) is 2. The van der Waals surface area contributed by atoms with E-state index in [2.05, 4.69) is 15.5 Å². The highest BCUT2D eigenvalue weighted by atomic mass is 16.5. The topological polar surface area (TPSA) is 111 Å². The second kappa shape index (κ2) is 9.39. The average Bonchev–Trinajstić information content (AvgIpc) is 3.35. The summed E-state index contributed by atoms with van der Waals surface area (Å²) >= 11 is 0. The molecule has 0 fully saturated rings. The first-order valence-electron chi connectivity index (χ1n) is 10.3. The number of carboxylic acid groups (broad SMARTS) is 1. The van der Waals surface area contributed by atoms with E-state index in [1.807, 2.05) is 73.1 Å². The predicted molar refractivity (Wildman–Crippen MR) is 122 cm³/mol. The summed E-state index contributed by atoms with van der Waals surface area (Å²) in [5, 5.41) is 20.5. The molecular weight excluding hydrogens is 422 g/mol. The Balaban J connectivity index is 1.46. The molecule has 2 aromatic carbocycles. The number of carbonyl (C=O) groups is 2. The van der Waals surface area contributed by atoms with Crippen molar-refractivity contribution in [3.05, 3.63) is 89.5 Å². The first-order chi connectivity index (χ1) is 15.9. The molecular formula is C24H23N5O4. The number of carboxylic acids is 1. The monoisotopic (exact) mass is 445 g/mol. The Labute approximate surface area is 190 Å². The van der Waals surface area contributed by atoms with E-state index < -0.39 is 5.97 Å². The van der Waals surface area contributed by atoms with E-state index in [4.69, 9.17) is 4.74 Å². The van der Waals surface area contributed by atoms with Crippen molar-refractivity contribution in [2.45, 2.75) is 26.9 Å². The van der Waals surface area contributed by atoms with E-state index >= 15 is 0 Å². The number of carbonyl (C=O) groups excluding carboxylic acids is 1. The van der Waals surface area contributed by atoms with Crippen LogP contribution in [0.3, 0.4) is 0 Å². The molecule has 168 valence electrons. The smallest absolute Gasteiger partial charge is 0.354 e. The van der Waals surface area contributed by atoms with E-state index in [-0.39, 0.29) is 18.1 Å². The number of nitrogens with zero attached hydrogens (tertiary/aromatic N) is 4. The van der Waals surface area contributed by atoms with Crippen LogP contribution in [0.2, 0.25) is 0 Å². The van der Waals surface area contributed by atoms with Gasteiger partial charge >= 0.3 is 5.97 Å². The summed E-state index contributed by atoms with van der Waals surface area (Å²) in [6.45, 7) is 3.97. The Morgan fingerprint density at radius 2 is 1.76 bits per heavy atom. The van der Waals surface area contributed by atoms with Crippen LogP contribution < -0.4 is 10.1 Å². The number of aromatic nitrogens is 4. The van der Waals surface area contributed by atoms with Crippen LogP contribution in [0.1, 0.15) is 27.4 Å². The molecule has 9 heteroatoms. The van der Waals surface area contributed by atoms with Crippen molar-refractivity contribution in [2.24, 2.45) is 0 Å². The van der Waals surface area contributed by atoms with Gasteiger partial charge in [0.15, 0.2) is 0 Å². The average molecular weight is 445 g/mol. The molecule has 0 aliphatic rings. The van der Waals surface area contributed by atoms with E-state index in [1.165, 1.54) is 12.3 Å². The molecule has 0 unspecified atom stereocenters. The van der Waals surface area contributed by atoms with E-state index in [0.29, 0.717) is 17.9 Å². The minimum absolute atomic E-state index is 0.0492. The molecule has 9 nitrogen and oxygen atoms in total. The summed E-state index contributed by atoms with van der Waals surface area (Å²) in [6, 6.07) is 18.7. The van der Waals surface area contributed by atoms with Gasteiger partial charge in [0.1, 0.15) is 23.7 Å². The molecule has 0 saturated heterocycles. The number of amides is 1. The Bertz CT molecular complexity index is 1290. The van der Waals surface area contributed by atoms with Gasteiger partial charge in [0.05, 0.1) is 23.6 Å². The molecule has 0 aliphatic heterocycles. The number of nitrogens with one attached hydrogen (secondary N) is 1. The van der Waals surface area contributed by atoms with Crippen LogP contribution in [0.25, 0.3) is 0 Å². The summed E-state index contributed by atoms with van der Waals surface area (Å²) in [6.07, 6.45) is 1.35. The Morgan fingerprint density at radius 1 is 1.00 bits per heavy atom. The first-order valence-corrected chi connectivity index (χ1v) is 10.3. The van der Waals surface area contributed by atoms with Gasteiger partial charge in [-0.15, -0.1) is 0 Å². The molecule has 0 saturated carbocycles. The van der Waals surface area contributed by atoms with Crippen molar-refractivity contribution < 1.29 is 19.4 Å². The Morgan fingerprint density at radius 3 is 2.52 bits per heavy atom. The highest BCUT2D eigenvalue weighted by molar-refractivity contribution is 5.92. The zero-order valence-electron chi connectivity index (χ0n) is 18.2. The largest absolute Gasteiger partial charge is 0.477 e. The van der Waals surface area contributed by atoms with E-state index in [1.54, 1.807) is 0 Å². The fourth-order valence-corrected chi connectivity index (χ4v) is 3.49. The number of aromatic carboxylic acids is 1. The lowest BCUT2D eigenvalue weighted by atomic mass is 10.2. The lowest BCUT2D eigenvalue weighted by Gasteiger charge is -2.10. The summed E-state index contributed by atoms with van der Waals surface area (Å²) < 4.78 is 8.86. The van der Waals surface area contributed by atoms with Crippen molar-refractivity contribution in [1.82, 2.24) is 19.6 Å². The number of benzene rings is 2. The summed E-state index contributed by atoms with van der Waals surface area (Å²) in [5.74, 6) is -0.0413. The zero-order valence-corrected chi connectivity index (χ0v) is 18.2. The van der Waals surface area contributed by atoms with Gasteiger partial charge in [-0.2, -0.15) is 10.2 Å². The number of ether oxygens (including phenoxy) is 1. The van der Waals surface area contributed by atoms with Crippen LogP contribution >= 0.6 is 0 Å². The molecule has 0 radical (unpaired) electrons. The van der Waals surface area contributed by atoms with Gasteiger partial charge < -0.3 is 15.2 Å². The van der Waals surface area contributed by atoms with Gasteiger partial charge in [-0.1, -0.05) is 30.3 Å². The maximum atomic E-state index is 12.5. The third kappa shape index (κ3) is 5.09. The van der Waals surface area contributed by atoms with Crippen LogP contribution in [0.4, 0.5) is 5.69 Å². The third-order valence-electron chi connectivity index (χ3n) is 5.08. The number of hydrogen-bond acceptors (Lipinski definition) is 5. The minimum Gasteiger partial charge on any atom is -0.477 e. The van der Waals surface area contributed by atoms with Crippen LogP contribution in [-0.4, -0.2) is 36.5 Å². The summed E-state index contributed by atoms with van der Waals surface area (Å²) in [4.78, 5) is 23.7. The van der Waals surface area contributed by atoms with Gasteiger partial charge in [0, 0.05) is 6.20 Å². The van der Waals surface area contributed by atoms with Gasteiger partial charge in [-0.05, 0) is 49.7 Å². The zero-order chi connectivity index (χ0) is 23.4. The SMILES string of the molecule is Cc1nn(Cc2cccc(Oc3ccccc3)c2)c(C)c1NC(=O)Cn1nccc1C(=O)O. The van der Waals surface area contributed by atoms with Crippen LogP contribution in [0.15, 0.2) is 66.9 Å². The fourth-order valence-electron chi connectivity index (χ4n) is 3.49. The van der Waals surface area contributed by atoms with E-state index in [9.17, 15) is 14.7 Å². The van der Waals surface area contributed by atoms with Crippen molar-refractivity contribution in [1.29, 1.82) is 0 Å². The van der Waals surface area contributed by atoms with Crippen molar-refractivity contribution in [3.63, 3.8) is 0 Å². The minimum atomic E-state index is -1.14. The van der Waals surface area contributed by atoms with Crippen LogP contribution in [0.5, 0.6) is 11.5 Å². The van der Waals surface area contributed by atoms with Crippen molar-refractivity contribution in [2.75, 3.05) is 5.32 Å². The lowest BCUT2D eigenvalue weighted by Crippen LogP contribution is -2.22. The normalized spacial score (nSPS) is 10.7. The van der Waals surface area contributed by atoms with Gasteiger partial charge in [0.2, 0.25) is 5.91 Å². The number of aryl methyl sites for hydroxylation is 1. The maximum Gasteiger partial charge on any atom is 0.354 e. The molecule has 1 amide bonds. The van der Waals surface area contributed by atoms with Crippen molar-refractivity contribution >= 4 is 17.6 Å². The molecule has 2 N–H and O–H groups in total. The quantitative estimate of drug-likeness (QED) is 0.426. The van der Waals surface area contributed by atoms with Crippen molar-refractivity contribution in [3.8, 4) is 11.5 Å². The molecule has 0 aliphatic carbocycles. The number of anilines is 1. The molecule has 0 spiro atoms. The second-order valence-electron chi connectivity index (χ2n) is 7.49. The standard InChI is InChI=1S/C24H23N5O4/c1-16-23(26-22(30)15-29-21(24(31)32)11-12-25-29)17(2)28(27-16)14-18-7-6-10-20(13-18)33-19-8-4-3-5-9-19/h3-13H,14-15H2,1-2H3,(H,26,30)(H,31,32). The Hall–Kier alpha value is -4.40. The van der Waals surface area contributed by atoms with Gasteiger partial charge in [-0.3, -0.25) is 9.48 Å². The molecule has 0 atom stereocenters. The second-order valence-corrected chi connectivity index (χ2v) is 7.49.